The summed E-state index contributed by atoms with van der Waals surface area (Å²) < 4.78 is 27.4. The highest BCUT2D eigenvalue weighted by molar-refractivity contribution is 5.88. The van der Waals surface area contributed by atoms with E-state index >= 15 is 0 Å². The van der Waals surface area contributed by atoms with Gasteiger partial charge >= 0.3 is 0 Å². The highest BCUT2D eigenvalue weighted by atomic mass is 16.7. The smallest absolute Gasteiger partial charge is 0.250 e. The number of hydrogen-bond donors (Lipinski definition) is 1. The molecule has 2 amide bonds. The Morgan fingerprint density at radius 2 is 1.86 bits per heavy atom. The topological polar surface area (TPSA) is 143 Å². The van der Waals surface area contributed by atoms with Gasteiger partial charge in [0.1, 0.15) is 12.3 Å². The van der Waals surface area contributed by atoms with Crippen molar-refractivity contribution in [2.24, 2.45) is 0 Å². The average molecular weight is 589 g/mol. The van der Waals surface area contributed by atoms with Crippen molar-refractivity contribution < 1.29 is 33.0 Å². The maximum absolute atomic E-state index is 14.0. The molecule has 13 heteroatoms. The van der Waals surface area contributed by atoms with Crippen LogP contribution in [0.5, 0.6) is 23.0 Å². The number of nitrogens with one attached hydrogen (secondary N) is 1. The van der Waals surface area contributed by atoms with E-state index in [2.05, 4.69) is 20.7 Å². The van der Waals surface area contributed by atoms with Crippen LogP contribution in [0.2, 0.25) is 0 Å². The Bertz CT molecular complexity index is 1580. The van der Waals surface area contributed by atoms with E-state index in [1.54, 1.807) is 49.6 Å². The van der Waals surface area contributed by atoms with Crippen molar-refractivity contribution in [3.63, 3.8) is 0 Å². The summed E-state index contributed by atoms with van der Waals surface area (Å²) in [5, 5.41) is 15.8. The third kappa shape index (κ3) is 6.10. The average Bonchev–Trinajstić information content (AvgIpc) is 3.85. The first-order valence-electron chi connectivity index (χ1n) is 14.0. The number of nitrogens with zero attached hydrogens (tertiary/aromatic N) is 5. The lowest BCUT2D eigenvalue weighted by Crippen LogP contribution is -2.46. The zero-order valence-electron chi connectivity index (χ0n) is 23.9. The highest BCUT2D eigenvalue weighted by Crippen LogP contribution is 2.34. The second-order valence-corrected chi connectivity index (χ2v) is 10.3. The quantitative estimate of drug-likeness (QED) is 0.276. The molecule has 0 spiro atoms. The molecule has 3 heterocycles. The molecule has 1 N–H and O–H groups in total. The molecule has 1 saturated carbocycles. The first kappa shape index (κ1) is 28.1. The normalized spacial score (nSPS) is 14.8. The molecule has 43 heavy (non-hydrogen) atoms. The summed E-state index contributed by atoms with van der Waals surface area (Å²) in [5.74, 6) is 2.21. The lowest BCUT2D eigenvalue weighted by atomic mass is 10.1. The van der Waals surface area contributed by atoms with Gasteiger partial charge in [0.25, 0.3) is 5.91 Å². The first-order chi connectivity index (χ1) is 21.0. The van der Waals surface area contributed by atoms with Crippen LogP contribution in [-0.4, -0.2) is 64.0 Å². The van der Waals surface area contributed by atoms with E-state index in [1.807, 2.05) is 6.07 Å². The van der Waals surface area contributed by atoms with Crippen LogP contribution < -0.4 is 24.3 Å². The molecule has 0 radical (unpaired) electrons. The van der Waals surface area contributed by atoms with Gasteiger partial charge in [0.05, 0.1) is 20.5 Å². The molecule has 1 unspecified atom stereocenters. The number of carbonyl (C=O) groups excluding carboxylic acids is 2. The Kier molecular flexibility index (Phi) is 8.11. The van der Waals surface area contributed by atoms with E-state index in [0.717, 1.165) is 31.2 Å². The van der Waals surface area contributed by atoms with Crippen molar-refractivity contribution >= 4 is 11.8 Å². The molecule has 13 nitrogen and oxygen atoms in total. The number of tetrazole rings is 1. The summed E-state index contributed by atoms with van der Waals surface area (Å²) in [5.41, 5.74) is 1.39. The largest absolute Gasteiger partial charge is 0.493 e. The minimum atomic E-state index is -1.03. The molecule has 2 aliphatic rings. The molecule has 0 bridgehead atoms. The Morgan fingerprint density at radius 3 is 2.63 bits per heavy atom. The van der Waals surface area contributed by atoms with E-state index < -0.39 is 11.9 Å². The molecule has 2 aromatic heterocycles. The second-order valence-electron chi connectivity index (χ2n) is 10.3. The number of methoxy groups -OCH3 is 2. The van der Waals surface area contributed by atoms with Crippen LogP contribution in [0.25, 0.3) is 11.4 Å². The van der Waals surface area contributed by atoms with Crippen LogP contribution in [0.4, 0.5) is 0 Å². The maximum Gasteiger partial charge on any atom is 0.250 e. The molecule has 2 aromatic carbocycles. The number of carbonyl (C=O) groups is 2. The number of aromatic nitrogens is 4. The molecular formula is C30H32N6O7. The van der Waals surface area contributed by atoms with E-state index in [9.17, 15) is 9.59 Å². The molecule has 224 valence electrons. The van der Waals surface area contributed by atoms with Gasteiger partial charge in [0.2, 0.25) is 18.5 Å². The molecule has 4 aromatic rings. The number of amides is 2. The van der Waals surface area contributed by atoms with Gasteiger partial charge in [-0.3, -0.25) is 9.59 Å². The number of furan rings is 1. The summed E-state index contributed by atoms with van der Waals surface area (Å²) in [6, 6.07) is 13.1. The van der Waals surface area contributed by atoms with Gasteiger partial charge in [0, 0.05) is 18.2 Å². The lowest BCUT2D eigenvalue weighted by molar-refractivity contribution is -0.143. The maximum atomic E-state index is 14.0. The van der Waals surface area contributed by atoms with Gasteiger partial charge in [-0.05, 0) is 66.1 Å². The molecular weight excluding hydrogens is 556 g/mol. The summed E-state index contributed by atoms with van der Waals surface area (Å²) in [6.45, 7) is -0.0461. The minimum absolute atomic E-state index is 0.0495. The summed E-state index contributed by atoms with van der Waals surface area (Å²) in [7, 11) is 3.09. The van der Waals surface area contributed by atoms with E-state index in [0.29, 0.717) is 40.1 Å². The van der Waals surface area contributed by atoms with E-state index in [1.165, 1.54) is 23.1 Å². The van der Waals surface area contributed by atoms with Crippen molar-refractivity contribution in [2.75, 3.05) is 21.0 Å². The SMILES string of the molecule is COc1ccc(-c2nnn(CC(=O)N(Cc3ccc4c(c3)OCO4)C(C(=O)NC3CCCC3)c3ccco3)n2)cc1OC. The Labute approximate surface area is 247 Å². The fourth-order valence-electron chi connectivity index (χ4n) is 5.39. The number of ether oxygens (including phenoxy) is 4. The summed E-state index contributed by atoms with van der Waals surface area (Å²) >= 11 is 0. The lowest BCUT2D eigenvalue weighted by Gasteiger charge is -2.30. The molecule has 0 saturated heterocycles. The zero-order valence-corrected chi connectivity index (χ0v) is 23.9. The van der Waals surface area contributed by atoms with Crippen molar-refractivity contribution in [1.82, 2.24) is 30.4 Å². The number of benzene rings is 2. The van der Waals surface area contributed by atoms with Gasteiger partial charge in [-0.25, -0.2) is 0 Å². The standard InChI is InChI=1S/C30H32N6O7/c1-39-22-12-10-20(15-25(22)40-2)29-32-34-36(33-29)17-27(37)35(16-19-9-11-23-26(14-19)43-18-42-23)28(24-8-5-13-41-24)30(38)31-21-6-3-4-7-21/h5,8-15,21,28H,3-4,6-7,16-18H2,1-2H3,(H,31,38). The molecule has 6 rings (SSSR count). The van der Waals surface area contributed by atoms with E-state index in [-0.39, 0.29) is 31.8 Å². The molecule has 1 aliphatic heterocycles. The van der Waals surface area contributed by atoms with Crippen LogP contribution in [0, 0.1) is 0 Å². The predicted octanol–water partition coefficient (Wildman–Crippen LogP) is 3.51. The minimum Gasteiger partial charge on any atom is -0.493 e. The van der Waals surface area contributed by atoms with Crippen LogP contribution >= 0.6 is 0 Å². The first-order valence-corrected chi connectivity index (χ1v) is 14.0. The fourth-order valence-corrected chi connectivity index (χ4v) is 5.39. The third-order valence-electron chi connectivity index (χ3n) is 7.56. The number of hydrogen-bond acceptors (Lipinski definition) is 10. The number of fused-ring (bicyclic) bond motifs is 1. The van der Waals surface area contributed by atoms with Crippen LogP contribution in [0.15, 0.2) is 59.2 Å². The number of rotatable bonds is 11. The zero-order chi connectivity index (χ0) is 29.8. The second kappa shape index (κ2) is 12.4. The van der Waals surface area contributed by atoms with Crippen molar-refractivity contribution in [3.8, 4) is 34.4 Å². The van der Waals surface area contributed by atoms with Gasteiger partial charge in [0.15, 0.2) is 29.0 Å². The summed E-state index contributed by atoms with van der Waals surface area (Å²) in [4.78, 5) is 30.5. The van der Waals surface area contributed by atoms with Crippen LogP contribution in [0.1, 0.15) is 43.0 Å². The Balaban J connectivity index is 1.29. The van der Waals surface area contributed by atoms with Crippen molar-refractivity contribution in [2.45, 2.75) is 50.9 Å². The Morgan fingerprint density at radius 1 is 1.05 bits per heavy atom. The molecule has 1 aliphatic carbocycles. The van der Waals surface area contributed by atoms with Gasteiger partial charge in [-0.2, -0.15) is 4.80 Å². The van der Waals surface area contributed by atoms with Gasteiger partial charge < -0.3 is 33.6 Å². The monoisotopic (exact) mass is 588 g/mol. The molecule has 1 atom stereocenters. The van der Waals surface area contributed by atoms with Crippen molar-refractivity contribution in [3.05, 3.63) is 66.1 Å². The third-order valence-corrected chi connectivity index (χ3v) is 7.56. The predicted molar refractivity (Wildman–Crippen MR) is 151 cm³/mol. The van der Waals surface area contributed by atoms with Crippen LogP contribution in [0.3, 0.4) is 0 Å². The Hall–Kier alpha value is -5.07. The summed E-state index contributed by atoms with van der Waals surface area (Å²) in [6.07, 6.45) is 5.39. The van der Waals surface area contributed by atoms with Gasteiger partial charge in [-0.1, -0.05) is 18.9 Å². The van der Waals surface area contributed by atoms with Gasteiger partial charge in [-0.15, -0.1) is 10.2 Å². The van der Waals surface area contributed by atoms with Crippen LogP contribution in [-0.2, 0) is 22.7 Å². The van der Waals surface area contributed by atoms with E-state index in [4.69, 9.17) is 23.4 Å². The molecule has 1 fully saturated rings. The highest BCUT2D eigenvalue weighted by Gasteiger charge is 2.36. The van der Waals surface area contributed by atoms with Crippen molar-refractivity contribution in [1.29, 1.82) is 0 Å². The fraction of sp³-hybridized carbons (Fsp3) is 0.367.